The van der Waals surface area contributed by atoms with Crippen LogP contribution in [0.5, 0.6) is 0 Å². The van der Waals surface area contributed by atoms with E-state index >= 15 is 0 Å². The van der Waals surface area contributed by atoms with Gasteiger partial charge in [-0.2, -0.15) is 26.3 Å². The molecule has 2 fully saturated rings. The van der Waals surface area contributed by atoms with E-state index in [0.29, 0.717) is 31.5 Å². The Balaban J connectivity index is 1.58. The predicted molar refractivity (Wildman–Crippen MR) is 113 cm³/mol. The standard InChI is InChI=1S/C24H24F6N2O3/c1-15(16-9-18(23(25,26)27)11-19(10-16)24(28,29)30)34-14-22(17-5-3-2-4-6-17)8-7-21(12-31-22)13-35-20(33)32-21/h2-6,9-11,15,31H,7-8,12-14H2,1H3,(H,32,33)/t15-,21+,22-/m1/s1. The lowest BCUT2D eigenvalue weighted by molar-refractivity contribution is -0.143. The summed E-state index contributed by atoms with van der Waals surface area (Å²) in [6.45, 7) is 1.96. The molecule has 2 aliphatic heterocycles. The lowest BCUT2D eigenvalue weighted by atomic mass is 9.77. The van der Waals surface area contributed by atoms with Gasteiger partial charge in [-0.05, 0) is 49.1 Å². The smallest absolute Gasteiger partial charge is 0.416 e. The van der Waals surface area contributed by atoms with Crippen LogP contribution in [0.15, 0.2) is 48.5 Å². The Morgan fingerprint density at radius 2 is 1.63 bits per heavy atom. The Morgan fingerprint density at radius 3 is 2.11 bits per heavy atom. The third kappa shape index (κ3) is 5.40. The Morgan fingerprint density at radius 1 is 1.00 bits per heavy atom. The van der Waals surface area contributed by atoms with Crippen molar-refractivity contribution in [3.63, 3.8) is 0 Å². The minimum Gasteiger partial charge on any atom is -0.447 e. The van der Waals surface area contributed by atoms with Crippen molar-refractivity contribution in [3.8, 4) is 0 Å². The van der Waals surface area contributed by atoms with E-state index in [1.165, 1.54) is 6.92 Å². The Bertz CT molecular complexity index is 1030. The van der Waals surface area contributed by atoms with Crippen molar-refractivity contribution in [3.05, 3.63) is 70.8 Å². The molecule has 0 bridgehead atoms. The fourth-order valence-corrected chi connectivity index (χ4v) is 4.48. The third-order valence-electron chi connectivity index (χ3n) is 6.63. The average molecular weight is 502 g/mol. The maximum Gasteiger partial charge on any atom is 0.416 e. The zero-order valence-electron chi connectivity index (χ0n) is 18.7. The number of alkyl halides is 6. The van der Waals surface area contributed by atoms with Gasteiger partial charge in [-0.3, -0.25) is 0 Å². The SMILES string of the molecule is C[C@@H](OC[C@@]1(c2ccccc2)CC[C@]2(CN1)COC(=O)N2)c1cc(C(F)(F)F)cc(C(F)(F)F)c1. The lowest BCUT2D eigenvalue weighted by Crippen LogP contribution is -2.62. The van der Waals surface area contributed by atoms with Gasteiger partial charge in [0.05, 0.1) is 34.9 Å². The molecule has 2 aromatic carbocycles. The Hall–Kier alpha value is -2.79. The number of rotatable bonds is 5. The van der Waals surface area contributed by atoms with Crippen molar-refractivity contribution < 1.29 is 40.6 Å². The summed E-state index contributed by atoms with van der Waals surface area (Å²) >= 11 is 0. The molecule has 2 N–H and O–H groups in total. The van der Waals surface area contributed by atoms with Crippen LogP contribution in [0.4, 0.5) is 31.1 Å². The van der Waals surface area contributed by atoms with Gasteiger partial charge < -0.3 is 20.1 Å². The van der Waals surface area contributed by atoms with E-state index in [1.54, 1.807) is 0 Å². The van der Waals surface area contributed by atoms with Crippen LogP contribution >= 0.6 is 0 Å². The van der Waals surface area contributed by atoms with E-state index in [0.717, 1.165) is 5.56 Å². The number of ether oxygens (including phenoxy) is 2. The zero-order chi connectivity index (χ0) is 25.5. The van der Waals surface area contributed by atoms with Gasteiger partial charge in [-0.25, -0.2) is 4.79 Å². The van der Waals surface area contributed by atoms with E-state index in [9.17, 15) is 31.1 Å². The number of amides is 1. The number of carbonyl (C=O) groups excluding carboxylic acids is 1. The van der Waals surface area contributed by atoms with Crippen LogP contribution in [0.3, 0.4) is 0 Å². The van der Waals surface area contributed by atoms with Crippen LogP contribution in [0.25, 0.3) is 0 Å². The van der Waals surface area contributed by atoms with Crippen molar-refractivity contribution in [2.24, 2.45) is 0 Å². The molecule has 2 heterocycles. The number of benzene rings is 2. The number of hydrogen-bond acceptors (Lipinski definition) is 4. The normalized spacial score (nSPS) is 25.9. The number of hydrogen-bond donors (Lipinski definition) is 2. The van der Waals surface area contributed by atoms with Crippen molar-refractivity contribution in [1.82, 2.24) is 10.6 Å². The highest BCUT2D eigenvalue weighted by Crippen LogP contribution is 2.40. The van der Waals surface area contributed by atoms with Gasteiger partial charge in [0.2, 0.25) is 0 Å². The third-order valence-corrected chi connectivity index (χ3v) is 6.63. The van der Waals surface area contributed by atoms with Gasteiger partial charge in [0.1, 0.15) is 6.61 Å². The summed E-state index contributed by atoms with van der Waals surface area (Å²) in [5.74, 6) is 0. The van der Waals surface area contributed by atoms with Crippen LogP contribution in [-0.2, 0) is 27.4 Å². The number of cyclic esters (lactones) is 1. The van der Waals surface area contributed by atoms with Gasteiger partial charge >= 0.3 is 18.4 Å². The zero-order valence-corrected chi connectivity index (χ0v) is 18.7. The molecular formula is C24H24F6N2O3. The first-order valence-corrected chi connectivity index (χ1v) is 11.0. The summed E-state index contributed by atoms with van der Waals surface area (Å²) < 4.78 is 90.6. The number of nitrogens with one attached hydrogen (secondary N) is 2. The maximum atomic E-state index is 13.3. The molecule has 5 nitrogen and oxygen atoms in total. The van der Waals surface area contributed by atoms with Gasteiger partial charge in [-0.1, -0.05) is 30.3 Å². The average Bonchev–Trinajstić information content (AvgIpc) is 3.18. The second-order valence-corrected chi connectivity index (χ2v) is 9.08. The lowest BCUT2D eigenvalue weighted by Gasteiger charge is -2.45. The molecule has 35 heavy (non-hydrogen) atoms. The molecule has 2 aromatic rings. The van der Waals surface area contributed by atoms with Gasteiger partial charge in [-0.15, -0.1) is 0 Å². The summed E-state index contributed by atoms with van der Waals surface area (Å²) in [5, 5.41) is 6.21. The molecule has 2 saturated heterocycles. The molecule has 0 unspecified atom stereocenters. The Labute approximate surface area is 197 Å². The van der Waals surface area contributed by atoms with Gasteiger partial charge in [0.15, 0.2) is 0 Å². The van der Waals surface area contributed by atoms with E-state index in [-0.39, 0.29) is 24.8 Å². The predicted octanol–water partition coefficient (Wildman–Crippen LogP) is 5.56. The highest BCUT2D eigenvalue weighted by atomic mass is 19.4. The second kappa shape index (κ2) is 9.02. The van der Waals surface area contributed by atoms with Crippen molar-refractivity contribution in [2.45, 2.75) is 49.3 Å². The number of halogens is 6. The first-order valence-electron chi connectivity index (χ1n) is 11.0. The number of alkyl carbamates (subject to hydrolysis) is 1. The molecule has 11 heteroatoms. The van der Waals surface area contributed by atoms with Crippen LogP contribution in [0, 0.1) is 0 Å². The summed E-state index contributed by atoms with van der Waals surface area (Å²) in [6.07, 6.45) is -10.4. The van der Waals surface area contributed by atoms with Crippen LogP contribution in [-0.4, -0.2) is 31.4 Å². The van der Waals surface area contributed by atoms with Crippen LogP contribution < -0.4 is 10.6 Å². The fourth-order valence-electron chi connectivity index (χ4n) is 4.48. The van der Waals surface area contributed by atoms with Crippen molar-refractivity contribution >= 4 is 6.09 Å². The van der Waals surface area contributed by atoms with Gasteiger partial charge in [0.25, 0.3) is 0 Å². The Kier molecular flexibility index (Phi) is 6.52. The van der Waals surface area contributed by atoms with E-state index in [4.69, 9.17) is 9.47 Å². The van der Waals surface area contributed by atoms with Gasteiger partial charge in [0, 0.05) is 6.54 Å². The molecule has 4 rings (SSSR count). The number of piperidine rings is 1. The van der Waals surface area contributed by atoms with Crippen LogP contribution in [0.2, 0.25) is 0 Å². The maximum absolute atomic E-state index is 13.3. The molecule has 0 saturated carbocycles. The quantitative estimate of drug-likeness (QED) is 0.526. The molecule has 0 aromatic heterocycles. The summed E-state index contributed by atoms with van der Waals surface area (Å²) in [6, 6.07) is 10.7. The van der Waals surface area contributed by atoms with Crippen molar-refractivity contribution in [1.29, 1.82) is 0 Å². The first-order chi connectivity index (χ1) is 16.3. The molecule has 1 amide bonds. The summed E-state index contributed by atoms with van der Waals surface area (Å²) in [5.41, 5.74) is -3.48. The second-order valence-electron chi connectivity index (χ2n) is 9.08. The molecular weight excluding hydrogens is 478 g/mol. The molecule has 0 radical (unpaired) electrons. The highest BCUT2D eigenvalue weighted by molar-refractivity contribution is 5.70. The van der Waals surface area contributed by atoms with E-state index in [2.05, 4.69) is 10.6 Å². The molecule has 1 spiro atoms. The monoisotopic (exact) mass is 502 g/mol. The minimum atomic E-state index is -4.94. The highest BCUT2D eigenvalue weighted by Gasteiger charge is 2.48. The topological polar surface area (TPSA) is 59.6 Å². The van der Waals surface area contributed by atoms with E-state index < -0.39 is 46.8 Å². The summed E-state index contributed by atoms with van der Waals surface area (Å²) in [4.78, 5) is 11.6. The molecule has 190 valence electrons. The molecule has 3 atom stereocenters. The molecule has 0 aliphatic carbocycles. The number of carbonyl (C=O) groups is 1. The largest absolute Gasteiger partial charge is 0.447 e. The van der Waals surface area contributed by atoms with Crippen molar-refractivity contribution in [2.75, 3.05) is 19.8 Å². The summed E-state index contributed by atoms with van der Waals surface area (Å²) in [7, 11) is 0. The van der Waals surface area contributed by atoms with E-state index in [1.807, 2.05) is 30.3 Å². The van der Waals surface area contributed by atoms with Crippen LogP contribution in [0.1, 0.15) is 48.1 Å². The minimum absolute atomic E-state index is 0.0132. The first kappa shape index (κ1) is 25.3. The molecule has 2 aliphatic rings. The fraction of sp³-hybridized carbons (Fsp3) is 0.458.